The molecule has 16 heteroatoms. The molecule has 2 aliphatic carbocycles. The number of nitrogens with two attached hydrogens (primary N) is 2. The zero-order valence-corrected chi connectivity index (χ0v) is 24.5. The van der Waals surface area contributed by atoms with Crippen LogP contribution in [0.25, 0.3) is 22.3 Å². The predicted molar refractivity (Wildman–Crippen MR) is 163 cm³/mol. The molecular weight excluding hydrogens is 593 g/mol. The summed E-state index contributed by atoms with van der Waals surface area (Å²) in [5.74, 6) is 5.03. The highest BCUT2D eigenvalue weighted by molar-refractivity contribution is 6.33. The Balaban J connectivity index is 0.000000125. The number of rotatable bonds is 5. The molecule has 2 saturated carbocycles. The van der Waals surface area contributed by atoms with Crippen molar-refractivity contribution in [2.45, 2.75) is 56.9 Å². The van der Waals surface area contributed by atoms with E-state index < -0.39 is 0 Å². The van der Waals surface area contributed by atoms with E-state index in [2.05, 4.69) is 55.2 Å². The Hall–Kier alpha value is -4.56. The summed E-state index contributed by atoms with van der Waals surface area (Å²) < 4.78 is 5.31. The number of aromatic amines is 2. The number of furan rings is 1. The smallest absolute Gasteiger partial charge is 0.183 e. The van der Waals surface area contributed by atoms with Gasteiger partial charge in [0, 0.05) is 11.8 Å². The highest BCUT2D eigenvalue weighted by atomic mass is 35.5. The van der Waals surface area contributed by atoms with Crippen LogP contribution in [0, 0.1) is 0 Å². The van der Waals surface area contributed by atoms with E-state index in [4.69, 9.17) is 39.1 Å². The fraction of sp³-hybridized carbons (Fsp3) is 0.333. The summed E-state index contributed by atoms with van der Waals surface area (Å²) in [6.45, 7) is 0.594. The molecule has 0 atom stereocenters. The van der Waals surface area contributed by atoms with Crippen molar-refractivity contribution in [3.05, 3.63) is 65.1 Å². The van der Waals surface area contributed by atoms with Crippen LogP contribution in [-0.2, 0) is 6.54 Å². The van der Waals surface area contributed by atoms with E-state index >= 15 is 0 Å². The lowest BCUT2D eigenvalue weighted by atomic mass is 9.85. The molecule has 2 aliphatic rings. The molecule has 2 fully saturated rings. The Bertz CT molecular complexity index is 1790. The van der Waals surface area contributed by atoms with Crippen molar-refractivity contribution in [3.8, 4) is 0 Å². The van der Waals surface area contributed by atoms with Gasteiger partial charge in [0.05, 0.1) is 12.8 Å². The number of hydrogen-bond acceptors (Lipinski definition) is 12. The predicted octanol–water partition coefficient (Wildman–Crippen LogP) is 5.39. The SMILES string of the molecule is Clc1ncnc2nc(C3CCC3)[nH]c12.Nc1ncnc(Cl)c1N.c1coc(CNc2ncnc3nc(C4CCC4)[nH]c23)c1. The number of imidazole rings is 2. The van der Waals surface area contributed by atoms with E-state index in [1.807, 2.05) is 12.1 Å². The van der Waals surface area contributed by atoms with Crippen molar-refractivity contribution >= 4 is 62.9 Å². The molecule has 0 unspecified atom stereocenters. The topological polar surface area (TPSA) is 212 Å². The first-order valence-electron chi connectivity index (χ1n) is 13.8. The number of halogens is 2. The molecule has 7 N–H and O–H groups in total. The molecule has 0 amide bonds. The molecule has 0 bridgehead atoms. The number of nitrogen functional groups attached to an aromatic ring is 2. The number of anilines is 3. The summed E-state index contributed by atoms with van der Waals surface area (Å²) in [7, 11) is 0. The summed E-state index contributed by atoms with van der Waals surface area (Å²) in [4.78, 5) is 39.2. The maximum absolute atomic E-state index is 5.91. The molecule has 14 nitrogen and oxygen atoms in total. The third-order valence-electron chi connectivity index (χ3n) is 7.43. The van der Waals surface area contributed by atoms with Gasteiger partial charge in [0.2, 0.25) is 0 Å². The summed E-state index contributed by atoms with van der Waals surface area (Å²) in [6.07, 6.45) is 13.3. The monoisotopic (exact) mass is 621 g/mol. The van der Waals surface area contributed by atoms with Crippen LogP contribution in [0.4, 0.5) is 17.3 Å². The van der Waals surface area contributed by atoms with Crippen LogP contribution in [0.2, 0.25) is 10.3 Å². The molecule has 222 valence electrons. The lowest BCUT2D eigenvalue weighted by molar-refractivity contribution is 0.404. The second kappa shape index (κ2) is 12.8. The van der Waals surface area contributed by atoms with E-state index in [0.29, 0.717) is 29.2 Å². The van der Waals surface area contributed by atoms with Crippen LogP contribution in [0.1, 0.15) is 67.8 Å². The Morgan fingerprint density at radius 1 is 0.791 bits per heavy atom. The molecule has 0 saturated heterocycles. The van der Waals surface area contributed by atoms with Gasteiger partial charge in [-0.1, -0.05) is 36.0 Å². The maximum Gasteiger partial charge on any atom is 0.183 e. The quantitative estimate of drug-likeness (QED) is 0.153. The largest absolute Gasteiger partial charge is 0.467 e. The van der Waals surface area contributed by atoms with Crippen LogP contribution in [0.3, 0.4) is 0 Å². The van der Waals surface area contributed by atoms with Gasteiger partial charge in [-0.25, -0.2) is 39.9 Å². The van der Waals surface area contributed by atoms with Crippen molar-refractivity contribution in [2.24, 2.45) is 0 Å². The molecule has 0 aliphatic heterocycles. The van der Waals surface area contributed by atoms with Crippen LogP contribution in [-0.4, -0.2) is 49.8 Å². The molecular formula is C27H29Cl2N13O. The number of aromatic nitrogens is 10. The molecule has 43 heavy (non-hydrogen) atoms. The normalized spacial score (nSPS) is 14.7. The van der Waals surface area contributed by atoms with Crippen LogP contribution in [0.5, 0.6) is 0 Å². The fourth-order valence-corrected chi connectivity index (χ4v) is 4.83. The molecule has 6 aromatic rings. The first-order chi connectivity index (χ1) is 21.0. The summed E-state index contributed by atoms with van der Waals surface area (Å²) >= 11 is 11.4. The minimum Gasteiger partial charge on any atom is -0.467 e. The highest BCUT2D eigenvalue weighted by Crippen LogP contribution is 2.36. The van der Waals surface area contributed by atoms with E-state index in [-0.39, 0.29) is 16.7 Å². The van der Waals surface area contributed by atoms with Crippen LogP contribution < -0.4 is 16.8 Å². The van der Waals surface area contributed by atoms with E-state index in [1.165, 1.54) is 57.5 Å². The average molecular weight is 623 g/mol. The average Bonchev–Trinajstić information content (AvgIpc) is 3.70. The number of nitrogens with zero attached hydrogens (tertiary/aromatic N) is 8. The van der Waals surface area contributed by atoms with Gasteiger partial charge in [0.15, 0.2) is 33.2 Å². The van der Waals surface area contributed by atoms with Crippen molar-refractivity contribution in [1.29, 1.82) is 0 Å². The van der Waals surface area contributed by atoms with Gasteiger partial charge in [-0.2, -0.15) is 0 Å². The summed E-state index contributed by atoms with van der Waals surface area (Å²) in [5.41, 5.74) is 13.8. The minimum atomic E-state index is 0.197. The van der Waals surface area contributed by atoms with Gasteiger partial charge in [0.25, 0.3) is 0 Å². The number of fused-ring (bicyclic) bond motifs is 2. The third-order valence-corrected chi connectivity index (χ3v) is 8.01. The van der Waals surface area contributed by atoms with Crippen molar-refractivity contribution in [3.63, 3.8) is 0 Å². The van der Waals surface area contributed by atoms with Crippen LogP contribution >= 0.6 is 23.2 Å². The lowest BCUT2D eigenvalue weighted by Gasteiger charge is -2.22. The van der Waals surface area contributed by atoms with Gasteiger partial charge in [-0.05, 0) is 37.8 Å². The first-order valence-corrected chi connectivity index (χ1v) is 14.6. The van der Waals surface area contributed by atoms with Gasteiger partial charge in [0.1, 0.15) is 53.1 Å². The standard InChI is InChI=1S/C14H15N5O.C9H9ClN4.C4H5ClN4/c1-3-9(4-1)12-18-11-13(16-8-17-14(11)19-12)15-7-10-5-2-6-20-10;10-7-6-9(12-4-11-7)14-8(13-6)5-2-1-3-5;5-3-2(6)4(7)9-1-8-3/h2,5-6,8-9H,1,3-4,7H2,(H2,15,16,17,18,19);4-5H,1-3H2,(H,11,12,13,14);1H,6H2,(H2,7,8,9). The van der Waals surface area contributed by atoms with E-state index in [9.17, 15) is 0 Å². The van der Waals surface area contributed by atoms with Gasteiger partial charge in [-0.3, -0.25) is 0 Å². The molecule has 6 heterocycles. The Morgan fingerprint density at radius 3 is 1.95 bits per heavy atom. The van der Waals surface area contributed by atoms with Crippen molar-refractivity contribution in [2.75, 3.05) is 16.8 Å². The van der Waals surface area contributed by atoms with E-state index in [1.54, 1.807) is 6.26 Å². The summed E-state index contributed by atoms with van der Waals surface area (Å²) in [6, 6.07) is 3.80. The molecule has 8 rings (SSSR count). The zero-order chi connectivity index (χ0) is 29.8. The first kappa shape index (κ1) is 28.6. The van der Waals surface area contributed by atoms with Gasteiger partial charge in [-0.15, -0.1) is 0 Å². The van der Waals surface area contributed by atoms with Gasteiger partial charge < -0.3 is 31.2 Å². The zero-order valence-electron chi connectivity index (χ0n) is 23.0. The number of nitrogens with one attached hydrogen (secondary N) is 3. The Kier molecular flexibility index (Phi) is 8.47. The third kappa shape index (κ3) is 6.44. The van der Waals surface area contributed by atoms with E-state index in [0.717, 1.165) is 39.9 Å². The second-order valence-electron chi connectivity index (χ2n) is 10.2. The Morgan fingerprint density at radius 2 is 1.40 bits per heavy atom. The fourth-order valence-electron chi connectivity index (χ4n) is 4.52. The lowest BCUT2D eigenvalue weighted by Crippen LogP contribution is -2.10. The van der Waals surface area contributed by atoms with Crippen molar-refractivity contribution in [1.82, 2.24) is 49.8 Å². The van der Waals surface area contributed by atoms with Crippen LogP contribution in [0.15, 0.2) is 41.8 Å². The van der Waals surface area contributed by atoms with Gasteiger partial charge >= 0.3 is 0 Å². The highest BCUT2D eigenvalue weighted by Gasteiger charge is 2.24. The molecule has 6 aromatic heterocycles. The Labute approximate surface area is 255 Å². The summed E-state index contributed by atoms with van der Waals surface area (Å²) in [5, 5.41) is 3.91. The molecule has 0 spiro atoms. The number of H-pyrrole nitrogens is 2. The molecule has 0 radical (unpaired) electrons. The van der Waals surface area contributed by atoms with Crippen molar-refractivity contribution < 1.29 is 4.42 Å². The maximum atomic E-state index is 5.91. The molecule has 0 aromatic carbocycles. The second-order valence-corrected chi connectivity index (χ2v) is 10.9. The number of hydrogen-bond donors (Lipinski definition) is 5. The minimum absolute atomic E-state index is 0.197.